The molecule has 1 atom stereocenters. The van der Waals surface area contributed by atoms with E-state index in [1.807, 2.05) is 18.9 Å². The maximum Gasteiger partial charge on any atom is 0.209 e. The molecule has 0 aromatic carbocycles. The number of allylic oxidation sites excluding steroid dienone is 1. The molecule has 100 valence electrons. The fourth-order valence-corrected chi connectivity index (χ4v) is 1.78. The molecule has 0 aromatic heterocycles. The van der Waals surface area contributed by atoms with E-state index in [9.17, 15) is 4.79 Å². The summed E-state index contributed by atoms with van der Waals surface area (Å²) in [7, 11) is 2.00. The topological polar surface area (TPSA) is 32.3 Å². The molecule has 0 aromatic rings. The maximum absolute atomic E-state index is 11.0. The maximum atomic E-state index is 11.0. The van der Waals surface area contributed by atoms with Crippen molar-refractivity contribution in [2.24, 2.45) is 0 Å². The number of carbonyl (C=O) groups is 1. The second-order valence-corrected chi connectivity index (χ2v) is 4.59. The Morgan fingerprint density at radius 3 is 2.53 bits per heavy atom. The van der Waals surface area contributed by atoms with Gasteiger partial charge < -0.3 is 10.2 Å². The van der Waals surface area contributed by atoms with Crippen LogP contribution in [0.3, 0.4) is 0 Å². The Morgan fingerprint density at radius 2 is 2.06 bits per heavy atom. The highest BCUT2D eigenvalue weighted by Gasteiger charge is 2.08. The van der Waals surface area contributed by atoms with Gasteiger partial charge in [-0.15, -0.1) is 0 Å². The van der Waals surface area contributed by atoms with E-state index in [2.05, 4.69) is 25.2 Å². The highest BCUT2D eigenvalue weighted by Crippen LogP contribution is 2.05. The van der Waals surface area contributed by atoms with Gasteiger partial charge in [0.1, 0.15) is 0 Å². The lowest BCUT2D eigenvalue weighted by atomic mass is 10.1. The first-order valence-corrected chi connectivity index (χ1v) is 6.66. The molecule has 1 unspecified atom stereocenters. The van der Waals surface area contributed by atoms with Crippen LogP contribution in [0.1, 0.15) is 46.5 Å². The number of nitrogens with one attached hydrogen (secondary N) is 1. The van der Waals surface area contributed by atoms with Crippen molar-refractivity contribution in [1.29, 1.82) is 0 Å². The number of rotatable bonds is 10. The van der Waals surface area contributed by atoms with Crippen LogP contribution in [0.5, 0.6) is 0 Å². The largest absolute Gasteiger partial charge is 0.345 e. The van der Waals surface area contributed by atoms with Gasteiger partial charge in [-0.1, -0.05) is 25.0 Å². The summed E-state index contributed by atoms with van der Waals surface area (Å²) in [6.45, 7) is 8.03. The van der Waals surface area contributed by atoms with Gasteiger partial charge in [-0.25, -0.2) is 0 Å². The number of hydrogen-bond acceptors (Lipinski definition) is 2. The van der Waals surface area contributed by atoms with E-state index in [0.717, 1.165) is 32.3 Å². The summed E-state index contributed by atoms with van der Waals surface area (Å²) in [4.78, 5) is 12.8. The standard InChI is InChI=1S/C14H28N2O/c1-5-7-14(15-4)9-11-16(12-17)10-8-13(3)6-2/h6,12,14-15H,5,7-11H2,1-4H3/b13-6+. The monoisotopic (exact) mass is 240 g/mol. The van der Waals surface area contributed by atoms with Crippen molar-refractivity contribution in [3.63, 3.8) is 0 Å². The predicted molar refractivity (Wildman–Crippen MR) is 74.1 cm³/mol. The summed E-state index contributed by atoms with van der Waals surface area (Å²) < 4.78 is 0. The Hall–Kier alpha value is -0.830. The summed E-state index contributed by atoms with van der Waals surface area (Å²) in [5, 5.41) is 3.30. The Bertz CT molecular complexity index is 226. The lowest BCUT2D eigenvalue weighted by molar-refractivity contribution is -0.118. The molecule has 0 aliphatic rings. The molecule has 0 bridgehead atoms. The molecular formula is C14H28N2O. The molecule has 1 amide bonds. The van der Waals surface area contributed by atoms with Crippen LogP contribution >= 0.6 is 0 Å². The van der Waals surface area contributed by atoms with Crippen molar-refractivity contribution in [2.45, 2.75) is 52.5 Å². The first-order chi connectivity index (χ1) is 8.17. The first kappa shape index (κ1) is 16.2. The molecule has 3 nitrogen and oxygen atoms in total. The van der Waals surface area contributed by atoms with Gasteiger partial charge in [0.2, 0.25) is 6.41 Å². The number of hydrogen-bond donors (Lipinski definition) is 1. The van der Waals surface area contributed by atoms with Crippen molar-refractivity contribution < 1.29 is 4.79 Å². The van der Waals surface area contributed by atoms with Gasteiger partial charge in [-0.05, 0) is 40.2 Å². The van der Waals surface area contributed by atoms with Gasteiger partial charge in [0.05, 0.1) is 0 Å². The molecule has 0 radical (unpaired) electrons. The van der Waals surface area contributed by atoms with Gasteiger partial charge in [0.15, 0.2) is 0 Å². The van der Waals surface area contributed by atoms with Crippen LogP contribution < -0.4 is 5.32 Å². The summed E-state index contributed by atoms with van der Waals surface area (Å²) in [5.41, 5.74) is 1.34. The van der Waals surface area contributed by atoms with Gasteiger partial charge in [-0.2, -0.15) is 0 Å². The summed E-state index contributed by atoms with van der Waals surface area (Å²) in [5.74, 6) is 0. The average molecular weight is 240 g/mol. The zero-order valence-electron chi connectivity index (χ0n) is 11.8. The molecule has 0 heterocycles. The molecule has 0 fully saturated rings. The summed E-state index contributed by atoms with van der Waals surface area (Å²) >= 11 is 0. The Balaban J connectivity index is 3.91. The fourth-order valence-electron chi connectivity index (χ4n) is 1.78. The van der Waals surface area contributed by atoms with E-state index >= 15 is 0 Å². The van der Waals surface area contributed by atoms with Crippen molar-refractivity contribution in [3.05, 3.63) is 11.6 Å². The molecule has 0 aliphatic heterocycles. The number of amides is 1. The van der Waals surface area contributed by atoms with Gasteiger partial charge in [0.25, 0.3) is 0 Å². The van der Waals surface area contributed by atoms with Gasteiger partial charge >= 0.3 is 0 Å². The average Bonchev–Trinajstić information content (AvgIpc) is 2.36. The van der Waals surface area contributed by atoms with Crippen LogP contribution in [0.15, 0.2) is 11.6 Å². The summed E-state index contributed by atoms with van der Waals surface area (Å²) in [6.07, 6.45) is 7.46. The van der Waals surface area contributed by atoms with Crippen LogP contribution in [0.25, 0.3) is 0 Å². The van der Waals surface area contributed by atoms with Crippen molar-refractivity contribution >= 4 is 6.41 Å². The molecular weight excluding hydrogens is 212 g/mol. The second kappa shape index (κ2) is 10.3. The molecule has 17 heavy (non-hydrogen) atoms. The van der Waals surface area contributed by atoms with Crippen molar-refractivity contribution in [3.8, 4) is 0 Å². The fraction of sp³-hybridized carbons (Fsp3) is 0.786. The Kier molecular flexibility index (Phi) is 9.83. The van der Waals surface area contributed by atoms with Crippen molar-refractivity contribution in [2.75, 3.05) is 20.1 Å². The SMILES string of the molecule is C/C=C(\C)CCN(C=O)CCC(CCC)NC. The van der Waals surface area contributed by atoms with Gasteiger partial charge in [0, 0.05) is 19.1 Å². The third-order valence-corrected chi connectivity index (χ3v) is 3.25. The molecule has 0 saturated heterocycles. The zero-order chi connectivity index (χ0) is 13.1. The molecule has 0 spiro atoms. The quantitative estimate of drug-likeness (QED) is 0.470. The minimum absolute atomic E-state index is 0.533. The minimum Gasteiger partial charge on any atom is -0.345 e. The lowest BCUT2D eigenvalue weighted by Crippen LogP contribution is -2.32. The van der Waals surface area contributed by atoms with Crippen LogP contribution in [-0.4, -0.2) is 37.5 Å². The zero-order valence-corrected chi connectivity index (χ0v) is 11.8. The molecule has 3 heteroatoms. The Labute approximate surface area is 106 Å². The smallest absolute Gasteiger partial charge is 0.209 e. The molecule has 1 N–H and O–H groups in total. The van der Waals surface area contributed by atoms with Crippen molar-refractivity contribution in [1.82, 2.24) is 10.2 Å². The minimum atomic E-state index is 0.533. The van der Waals surface area contributed by atoms with Crippen LogP contribution in [0.2, 0.25) is 0 Å². The van der Waals surface area contributed by atoms with E-state index in [0.29, 0.717) is 6.04 Å². The second-order valence-electron chi connectivity index (χ2n) is 4.59. The highest BCUT2D eigenvalue weighted by molar-refractivity contribution is 5.46. The van der Waals surface area contributed by atoms with E-state index in [1.54, 1.807) is 0 Å². The highest BCUT2D eigenvalue weighted by atomic mass is 16.1. The predicted octanol–water partition coefficient (Wildman–Crippen LogP) is 2.58. The van der Waals surface area contributed by atoms with E-state index in [-0.39, 0.29) is 0 Å². The molecule has 0 saturated carbocycles. The van der Waals surface area contributed by atoms with Crippen LogP contribution in [0, 0.1) is 0 Å². The van der Waals surface area contributed by atoms with Crippen LogP contribution in [-0.2, 0) is 4.79 Å². The third kappa shape index (κ3) is 7.97. The van der Waals surface area contributed by atoms with E-state index in [4.69, 9.17) is 0 Å². The molecule has 0 aliphatic carbocycles. The van der Waals surface area contributed by atoms with E-state index in [1.165, 1.54) is 18.4 Å². The normalized spacial score (nSPS) is 13.5. The van der Waals surface area contributed by atoms with E-state index < -0.39 is 0 Å². The van der Waals surface area contributed by atoms with Gasteiger partial charge in [-0.3, -0.25) is 4.79 Å². The first-order valence-electron chi connectivity index (χ1n) is 6.66. The number of carbonyl (C=O) groups excluding carboxylic acids is 1. The van der Waals surface area contributed by atoms with Crippen LogP contribution in [0.4, 0.5) is 0 Å². The molecule has 0 rings (SSSR count). The third-order valence-electron chi connectivity index (χ3n) is 3.25. The number of nitrogens with zero attached hydrogens (tertiary/aromatic N) is 1. The lowest BCUT2D eigenvalue weighted by Gasteiger charge is -2.21. The summed E-state index contributed by atoms with van der Waals surface area (Å²) in [6, 6.07) is 0.533. The Morgan fingerprint density at radius 1 is 1.35 bits per heavy atom.